The van der Waals surface area contributed by atoms with Crippen molar-refractivity contribution in [3.63, 3.8) is 0 Å². The van der Waals surface area contributed by atoms with Gasteiger partial charge in [0.25, 0.3) is 0 Å². The Morgan fingerprint density at radius 3 is 2.51 bits per heavy atom. The molecule has 2 N–H and O–H groups in total. The molecular formula is C26H28F3N7O2S. The van der Waals surface area contributed by atoms with Crippen LogP contribution in [0.1, 0.15) is 23.3 Å². The maximum absolute atomic E-state index is 12.8. The summed E-state index contributed by atoms with van der Waals surface area (Å²) in [6, 6.07) is 7.06. The highest BCUT2D eigenvalue weighted by Gasteiger charge is 2.33. The number of benzene rings is 1. The van der Waals surface area contributed by atoms with E-state index in [4.69, 9.17) is 0 Å². The van der Waals surface area contributed by atoms with Crippen LogP contribution in [0.5, 0.6) is 0 Å². The van der Waals surface area contributed by atoms with Crippen LogP contribution in [0.2, 0.25) is 0 Å². The third kappa shape index (κ3) is 7.91. The molecule has 0 bridgehead atoms. The van der Waals surface area contributed by atoms with Gasteiger partial charge in [-0.15, -0.1) is 0 Å². The van der Waals surface area contributed by atoms with Crippen molar-refractivity contribution in [2.24, 2.45) is 0 Å². The van der Waals surface area contributed by atoms with E-state index in [2.05, 4.69) is 42.4 Å². The molecule has 2 amide bonds. The highest BCUT2D eigenvalue weighted by Crippen LogP contribution is 2.35. The van der Waals surface area contributed by atoms with E-state index in [9.17, 15) is 22.8 Å². The third-order valence-corrected chi connectivity index (χ3v) is 7.18. The Morgan fingerprint density at radius 1 is 1.08 bits per heavy atom. The minimum atomic E-state index is -4.51. The van der Waals surface area contributed by atoms with Crippen molar-refractivity contribution in [2.75, 3.05) is 50.4 Å². The van der Waals surface area contributed by atoms with Crippen molar-refractivity contribution in [2.45, 2.75) is 19.0 Å². The predicted molar refractivity (Wildman–Crippen MR) is 143 cm³/mol. The van der Waals surface area contributed by atoms with E-state index < -0.39 is 22.9 Å². The smallest absolute Gasteiger partial charge is 0.306 e. The zero-order chi connectivity index (χ0) is 28.0. The number of anilines is 2. The summed E-state index contributed by atoms with van der Waals surface area (Å²) in [6.45, 7) is 6.31. The highest BCUT2D eigenvalue weighted by molar-refractivity contribution is 7.15. The number of alkyl halides is 3. The number of carbonyl (C=O) groups is 2. The maximum Gasteiger partial charge on any atom is 0.427 e. The van der Waals surface area contributed by atoms with Crippen LogP contribution in [0.3, 0.4) is 0 Å². The lowest BCUT2D eigenvalue weighted by atomic mass is 9.97. The standard InChI is InChI=1S/C26H28F3N7O2S/c1-17(24(38)34-25-32-15-21(39-25)26(27,28)29)18-5-3-6-19(13-18)20-14-31-22(16-30-20)33-23(37)7-4-8-36-11-9-35(2)10-12-36/h3-7,13-17H,8-12H2,1-2H3,(H,31,33,37)(H,32,34,38)/b7-4+. The van der Waals surface area contributed by atoms with E-state index in [1.54, 1.807) is 31.2 Å². The number of amides is 2. The molecule has 1 saturated heterocycles. The second-order valence-corrected chi connectivity index (χ2v) is 10.2. The Balaban J connectivity index is 1.33. The molecule has 1 unspecified atom stereocenters. The molecule has 39 heavy (non-hydrogen) atoms. The lowest BCUT2D eigenvalue weighted by Crippen LogP contribution is -2.44. The SMILES string of the molecule is CC(C(=O)Nc1ncc(C(F)(F)F)s1)c1cccc(-c2cnc(NC(=O)/C=C/CN3CCN(C)CC3)cn2)c1. The number of carbonyl (C=O) groups excluding carboxylic acids is 2. The third-order valence-electron chi connectivity index (χ3n) is 6.22. The molecule has 0 aliphatic carbocycles. The van der Waals surface area contributed by atoms with Gasteiger partial charge in [-0.1, -0.05) is 35.6 Å². The van der Waals surface area contributed by atoms with Gasteiger partial charge in [0.05, 0.1) is 30.2 Å². The van der Waals surface area contributed by atoms with E-state index in [1.807, 2.05) is 6.08 Å². The summed E-state index contributed by atoms with van der Waals surface area (Å²) in [4.78, 5) is 40.8. The molecule has 9 nitrogen and oxygen atoms in total. The van der Waals surface area contributed by atoms with E-state index >= 15 is 0 Å². The van der Waals surface area contributed by atoms with Crippen LogP contribution in [-0.4, -0.2) is 76.3 Å². The summed E-state index contributed by atoms with van der Waals surface area (Å²) in [7, 11) is 2.09. The van der Waals surface area contributed by atoms with Gasteiger partial charge in [-0.05, 0) is 25.6 Å². The summed E-state index contributed by atoms with van der Waals surface area (Å²) in [5.74, 6) is -1.14. The van der Waals surface area contributed by atoms with Gasteiger partial charge in [0, 0.05) is 44.4 Å². The molecule has 0 radical (unpaired) electrons. The summed E-state index contributed by atoms with van der Waals surface area (Å²) >= 11 is 0.373. The van der Waals surface area contributed by atoms with Gasteiger partial charge in [0.15, 0.2) is 10.9 Å². The summed E-state index contributed by atoms with van der Waals surface area (Å²) in [6.07, 6.45) is 2.46. The van der Waals surface area contributed by atoms with Crippen LogP contribution in [0.25, 0.3) is 11.3 Å². The number of nitrogens with zero attached hydrogens (tertiary/aromatic N) is 5. The molecule has 1 aliphatic rings. The van der Waals surface area contributed by atoms with Crippen LogP contribution in [-0.2, 0) is 15.8 Å². The van der Waals surface area contributed by atoms with E-state index in [-0.39, 0.29) is 11.0 Å². The van der Waals surface area contributed by atoms with Crippen molar-refractivity contribution in [1.29, 1.82) is 0 Å². The minimum absolute atomic E-state index is 0.118. The molecule has 3 aromatic rings. The van der Waals surface area contributed by atoms with Crippen LogP contribution in [0.15, 0.2) is 55.0 Å². The zero-order valence-corrected chi connectivity index (χ0v) is 22.2. The van der Waals surface area contributed by atoms with Crippen molar-refractivity contribution in [3.05, 3.63) is 65.4 Å². The molecule has 3 heterocycles. The fraction of sp³-hybridized carbons (Fsp3) is 0.346. The second-order valence-electron chi connectivity index (χ2n) is 9.15. The molecule has 1 aliphatic heterocycles. The number of hydrogen-bond donors (Lipinski definition) is 2. The van der Waals surface area contributed by atoms with Crippen LogP contribution >= 0.6 is 11.3 Å². The normalized spacial score (nSPS) is 15.8. The molecule has 0 spiro atoms. The monoisotopic (exact) mass is 559 g/mol. The molecule has 1 atom stereocenters. The quantitative estimate of drug-likeness (QED) is 0.401. The average molecular weight is 560 g/mol. The molecular weight excluding hydrogens is 531 g/mol. The number of halogens is 3. The maximum atomic E-state index is 12.8. The van der Waals surface area contributed by atoms with Crippen LogP contribution in [0, 0.1) is 0 Å². The molecule has 1 aromatic carbocycles. The Morgan fingerprint density at radius 2 is 1.85 bits per heavy atom. The lowest BCUT2D eigenvalue weighted by Gasteiger charge is -2.31. The fourth-order valence-corrected chi connectivity index (χ4v) is 4.53. The van der Waals surface area contributed by atoms with Gasteiger partial charge in [0.2, 0.25) is 11.8 Å². The Kier molecular flexibility index (Phi) is 9.04. The average Bonchev–Trinajstić information content (AvgIpc) is 3.39. The number of piperazine rings is 1. The van der Waals surface area contributed by atoms with Crippen LogP contribution < -0.4 is 10.6 Å². The first-order chi connectivity index (χ1) is 18.6. The number of aromatic nitrogens is 3. The second kappa shape index (κ2) is 12.5. The van der Waals surface area contributed by atoms with E-state index in [1.165, 1.54) is 18.5 Å². The molecule has 206 valence electrons. The topological polar surface area (TPSA) is 103 Å². The first-order valence-electron chi connectivity index (χ1n) is 12.2. The Bertz CT molecular complexity index is 1320. The lowest BCUT2D eigenvalue weighted by molar-refractivity contribution is -0.134. The summed E-state index contributed by atoms with van der Waals surface area (Å²) in [5.41, 5.74) is 1.86. The van der Waals surface area contributed by atoms with Gasteiger partial charge >= 0.3 is 6.18 Å². The number of rotatable bonds is 8. The van der Waals surface area contributed by atoms with Gasteiger partial charge in [-0.2, -0.15) is 13.2 Å². The summed E-state index contributed by atoms with van der Waals surface area (Å²) in [5, 5.41) is 5.01. The van der Waals surface area contributed by atoms with Crippen molar-refractivity contribution >= 4 is 34.1 Å². The highest BCUT2D eigenvalue weighted by atomic mass is 32.1. The number of thiazole rings is 1. The molecule has 13 heteroatoms. The largest absolute Gasteiger partial charge is 0.427 e. The van der Waals surface area contributed by atoms with E-state index in [0.717, 1.165) is 26.2 Å². The molecule has 4 rings (SSSR count). The Labute approximate surface area is 227 Å². The van der Waals surface area contributed by atoms with E-state index in [0.29, 0.717) is 46.7 Å². The first kappa shape index (κ1) is 28.3. The van der Waals surface area contributed by atoms with Gasteiger partial charge in [0.1, 0.15) is 4.88 Å². The number of hydrogen-bond acceptors (Lipinski definition) is 8. The molecule has 2 aromatic heterocycles. The number of nitrogens with one attached hydrogen (secondary N) is 2. The van der Waals surface area contributed by atoms with Gasteiger partial charge in [-0.3, -0.25) is 19.5 Å². The predicted octanol–water partition coefficient (Wildman–Crippen LogP) is 4.10. The molecule has 0 saturated carbocycles. The van der Waals surface area contributed by atoms with Crippen molar-refractivity contribution in [3.8, 4) is 11.3 Å². The van der Waals surface area contributed by atoms with Crippen molar-refractivity contribution < 1.29 is 22.8 Å². The summed E-state index contributed by atoms with van der Waals surface area (Å²) < 4.78 is 38.4. The van der Waals surface area contributed by atoms with Crippen LogP contribution in [0.4, 0.5) is 24.1 Å². The fourth-order valence-electron chi connectivity index (χ4n) is 3.84. The molecule has 1 fully saturated rings. The van der Waals surface area contributed by atoms with Gasteiger partial charge in [-0.25, -0.2) is 9.97 Å². The van der Waals surface area contributed by atoms with Crippen molar-refractivity contribution in [1.82, 2.24) is 24.8 Å². The van der Waals surface area contributed by atoms with Gasteiger partial charge < -0.3 is 15.5 Å². The Hall–Kier alpha value is -3.68. The first-order valence-corrected chi connectivity index (χ1v) is 13.0. The zero-order valence-electron chi connectivity index (χ0n) is 21.4. The minimum Gasteiger partial charge on any atom is -0.306 e. The number of likely N-dealkylation sites (N-methyl/N-ethyl adjacent to an activating group) is 1.